The van der Waals surface area contributed by atoms with Crippen LogP contribution in [0.1, 0.15) is 36.4 Å². The molecule has 1 unspecified atom stereocenters. The molecule has 0 radical (unpaired) electrons. The fourth-order valence-corrected chi connectivity index (χ4v) is 4.00. The summed E-state index contributed by atoms with van der Waals surface area (Å²) in [4.78, 5) is 6.92. The Kier molecular flexibility index (Phi) is 4.66. The first kappa shape index (κ1) is 16.1. The summed E-state index contributed by atoms with van der Waals surface area (Å²) in [7, 11) is 1.77. The highest BCUT2D eigenvalue weighted by Crippen LogP contribution is 2.35. The van der Waals surface area contributed by atoms with Gasteiger partial charge in [0.2, 0.25) is 0 Å². The number of benzene rings is 2. The molecule has 0 aliphatic carbocycles. The van der Waals surface area contributed by atoms with Crippen LogP contribution < -0.4 is 4.74 Å². The molecule has 2 heterocycles. The minimum Gasteiger partial charge on any atom is -0.496 e. The number of aromatic nitrogens is 1. The topological polar surface area (TPSA) is 25.4 Å². The molecule has 3 nitrogen and oxygen atoms in total. The number of fused-ring (bicyclic) bond motifs is 1. The van der Waals surface area contributed by atoms with E-state index in [2.05, 4.69) is 52.3 Å². The van der Waals surface area contributed by atoms with Crippen molar-refractivity contribution in [3.63, 3.8) is 0 Å². The van der Waals surface area contributed by atoms with Crippen molar-refractivity contribution < 1.29 is 4.74 Å². The Labute approximate surface area is 149 Å². The molecule has 2 aromatic carbocycles. The monoisotopic (exact) mass is 332 g/mol. The van der Waals surface area contributed by atoms with E-state index in [4.69, 9.17) is 4.74 Å². The molecule has 1 atom stereocenters. The third-order valence-corrected chi connectivity index (χ3v) is 5.26. The van der Waals surface area contributed by atoms with Gasteiger partial charge < -0.3 is 4.74 Å². The first-order valence-electron chi connectivity index (χ1n) is 9.05. The fraction of sp³-hybridized carbons (Fsp3) is 0.318. The van der Waals surface area contributed by atoms with Crippen molar-refractivity contribution in [1.29, 1.82) is 0 Å². The molecule has 0 amide bonds. The third-order valence-electron chi connectivity index (χ3n) is 5.26. The number of methoxy groups -OCH3 is 1. The zero-order valence-corrected chi connectivity index (χ0v) is 14.7. The Morgan fingerprint density at radius 1 is 1.08 bits per heavy atom. The highest BCUT2D eigenvalue weighted by atomic mass is 16.5. The molecule has 0 bridgehead atoms. The average molecular weight is 332 g/mol. The molecule has 3 heteroatoms. The lowest BCUT2D eigenvalue weighted by Gasteiger charge is -2.36. The van der Waals surface area contributed by atoms with Gasteiger partial charge in [-0.1, -0.05) is 42.8 Å². The van der Waals surface area contributed by atoms with Gasteiger partial charge in [0.15, 0.2) is 0 Å². The lowest BCUT2D eigenvalue weighted by molar-refractivity contribution is 0.139. The molecule has 1 aromatic heterocycles. The van der Waals surface area contributed by atoms with E-state index in [0.717, 1.165) is 18.8 Å². The molecular formula is C22H24N2O. The summed E-state index contributed by atoms with van der Waals surface area (Å²) in [6.07, 6.45) is 7.60. The third kappa shape index (κ3) is 3.24. The largest absolute Gasteiger partial charge is 0.496 e. The van der Waals surface area contributed by atoms with Gasteiger partial charge in [-0.05, 0) is 47.9 Å². The SMILES string of the molecule is COc1ccc2ccccc2c1CN1CCCCC1c1cccnc1. The molecule has 0 N–H and O–H groups in total. The first-order chi connectivity index (χ1) is 12.4. The Hall–Kier alpha value is -2.39. The smallest absolute Gasteiger partial charge is 0.123 e. The molecule has 0 spiro atoms. The van der Waals surface area contributed by atoms with Gasteiger partial charge >= 0.3 is 0 Å². The number of hydrogen-bond donors (Lipinski definition) is 0. The summed E-state index contributed by atoms with van der Waals surface area (Å²) in [5.74, 6) is 0.981. The van der Waals surface area contributed by atoms with Crippen LogP contribution in [0.3, 0.4) is 0 Å². The van der Waals surface area contributed by atoms with Crippen LogP contribution in [-0.2, 0) is 6.54 Å². The summed E-state index contributed by atoms with van der Waals surface area (Å²) in [5, 5.41) is 2.56. The maximum Gasteiger partial charge on any atom is 0.123 e. The van der Waals surface area contributed by atoms with Crippen LogP contribution in [0.5, 0.6) is 5.75 Å². The van der Waals surface area contributed by atoms with Gasteiger partial charge in [-0.15, -0.1) is 0 Å². The predicted octanol–water partition coefficient (Wildman–Crippen LogP) is 4.97. The maximum atomic E-state index is 5.70. The summed E-state index contributed by atoms with van der Waals surface area (Å²) in [6, 6.07) is 17.5. The van der Waals surface area contributed by atoms with E-state index in [1.54, 1.807) is 7.11 Å². The minimum absolute atomic E-state index is 0.436. The molecule has 1 aliphatic rings. The van der Waals surface area contributed by atoms with Crippen molar-refractivity contribution in [3.05, 3.63) is 72.1 Å². The zero-order chi connectivity index (χ0) is 17.1. The summed E-state index contributed by atoms with van der Waals surface area (Å²) in [5.41, 5.74) is 2.61. The number of piperidine rings is 1. The number of rotatable bonds is 4. The number of hydrogen-bond acceptors (Lipinski definition) is 3. The van der Waals surface area contributed by atoms with E-state index in [1.165, 1.54) is 41.2 Å². The number of likely N-dealkylation sites (tertiary alicyclic amines) is 1. The number of pyridine rings is 1. The predicted molar refractivity (Wildman–Crippen MR) is 102 cm³/mol. The highest BCUT2D eigenvalue weighted by molar-refractivity contribution is 5.87. The summed E-state index contributed by atoms with van der Waals surface area (Å²) in [6.45, 7) is 2.02. The fourth-order valence-electron chi connectivity index (χ4n) is 4.00. The lowest BCUT2D eigenvalue weighted by atomic mass is 9.94. The molecule has 0 saturated carbocycles. The van der Waals surface area contributed by atoms with Gasteiger partial charge in [-0.3, -0.25) is 9.88 Å². The van der Waals surface area contributed by atoms with Crippen LogP contribution in [0.25, 0.3) is 10.8 Å². The minimum atomic E-state index is 0.436. The van der Waals surface area contributed by atoms with Crippen molar-refractivity contribution >= 4 is 10.8 Å². The molecule has 1 aliphatic heterocycles. The van der Waals surface area contributed by atoms with E-state index < -0.39 is 0 Å². The van der Waals surface area contributed by atoms with Gasteiger partial charge in [0.05, 0.1) is 7.11 Å². The van der Waals surface area contributed by atoms with Gasteiger partial charge in [0.25, 0.3) is 0 Å². The van der Waals surface area contributed by atoms with E-state index in [1.807, 2.05) is 18.5 Å². The molecule has 1 saturated heterocycles. The Morgan fingerprint density at radius 3 is 2.84 bits per heavy atom. The van der Waals surface area contributed by atoms with Gasteiger partial charge in [-0.25, -0.2) is 0 Å². The normalized spacial score (nSPS) is 18.4. The van der Waals surface area contributed by atoms with Crippen molar-refractivity contribution in [2.75, 3.05) is 13.7 Å². The molecule has 25 heavy (non-hydrogen) atoms. The maximum absolute atomic E-state index is 5.70. The molecule has 3 aromatic rings. The van der Waals surface area contributed by atoms with Gasteiger partial charge in [0.1, 0.15) is 5.75 Å². The first-order valence-corrected chi connectivity index (χ1v) is 9.05. The van der Waals surface area contributed by atoms with Crippen LogP contribution in [-0.4, -0.2) is 23.5 Å². The standard InChI is InChI=1S/C22H24N2O/c1-25-22-12-11-17-7-2-3-9-19(17)20(22)16-24-14-5-4-10-21(24)18-8-6-13-23-15-18/h2-3,6-9,11-13,15,21H,4-5,10,14,16H2,1H3. The molecule has 4 rings (SSSR count). The van der Waals surface area contributed by atoms with E-state index >= 15 is 0 Å². The van der Waals surface area contributed by atoms with Crippen molar-refractivity contribution in [2.45, 2.75) is 31.8 Å². The van der Waals surface area contributed by atoms with Gasteiger partial charge in [0, 0.05) is 30.5 Å². The van der Waals surface area contributed by atoms with Crippen LogP contribution in [0, 0.1) is 0 Å². The number of nitrogens with zero attached hydrogens (tertiary/aromatic N) is 2. The zero-order valence-electron chi connectivity index (χ0n) is 14.7. The van der Waals surface area contributed by atoms with Gasteiger partial charge in [-0.2, -0.15) is 0 Å². The second kappa shape index (κ2) is 7.24. The summed E-state index contributed by atoms with van der Waals surface area (Å²) >= 11 is 0. The van der Waals surface area contributed by atoms with Crippen molar-refractivity contribution in [3.8, 4) is 5.75 Å². The van der Waals surface area contributed by atoms with E-state index in [0.29, 0.717) is 6.04 Å². The van der Waals surface area contributed by atoms with Crippen LogP contribution in [0.4, 0.5) is 0 Å². The highest BCUT2D eigenvalue weighted by Gasteiger charge is 2.25. The quantitative estimate of drug-likeness (QED) is 0.674. The Bertz CT molecular complexity index is 847. The molecular weight excluding hydrogens is 308 g/mol. The molecule has 128 valence electrons. The van der Waals surface area contributed by atoms with Crippen LogP contribution in [0.2, 0.25) is 0 Å². The molecule has 1 fully saturated rings. The van der Waals surface area contributed by atoms with Crippen molar-refractivity contribution in [2.24, 2.45) is 0 Å². The average Bonchev–Trinajstić information content (AvgIpc) is 2.69. The van der Waals surface area contributed by atoms with Crippen molar-refractivity contribution in [1.82, 2.24) is 9.88 Å². The van der Waals surface area contributed by atoms with Crippen LogP contribution >= 0.6 is 0 Å². The summed E-state index contributed by atoms with van der Waals surface area (Å²) < 4.78 is 5.70. The number of ether oxygens (including phenoxy) is 1. The Balaban J connectivity index is 1.71. The van der Waals surface area contributed by atoms with Crippen LogP contribution in [0.15, 0.2) is 60.9 Å². The van der Waals surface area contributed by atoms with E-state index in [9.17, 15) is 0 Å². The Morgan fingerprint density at radius 2 is 2.00 bits per heavy atom. The van der Waals surface area contributed by atoms with E-state index in [-0.39, 0.29) is 0 Å². The second-order valence-electron chi connectivity index (χ2n) is 6.74. The lowest BCUT2D eigenvalue weighted by Crippen LogP contribution is -2.33. The second-order valence-corrected chi connectivity index (χ2v) is 6.74.